The molecule has 2 heterocycles. The lowest BCUT2D eigenvalue weighted by Crippen LogP contribution is -2.61. The van der Waals surface area contributed by atoms with Crippen LogP contribution in [0, 0.1) is 28.6 Å². The molecule has 9 nitrogen and oxygen atoms in total. The van der Waals surface area contributed by atoms with Crippen molar-refractivity contribution < 1.29 is 32.7 Å². The zero-order valence-corrected chi connectivity index (χ0v) is 22.1. The largest absolute Gasteiger partial charge is 0.471 e. The first-order valence-corrected chi connectivity index (χ1v) is 12.7. The summed E-state index contributed by atoms with van der Waals surface area (Å²) in [5.41, 5.74) is 4.75. The molecule has 2 saturated heterocycles. The van der Waals surface area contributed by atoms with E-state index >= 15 is 0 Å². The lowest BCUT2D eigenvalue weighted by Gasteiger charge is -2.38. The number of hydrogen-bond donors (Lipinski definition) is 6. The van der Waals surface area contributed by atoms with E-state index in [0.29, 0.717) is 19.4 Å². The highest BCUT2D eigenvalue weighted by atomic mass is 32.1. The van der Waals surface area contributed by atoms with E-state index in [1.807, 2.05) is 19.2 Å². The average Bonchev–Trinajstić information content (AvgIpc) is 3.09. The molecule has 36 heavy (non-hydrogen) atoms. The smallest absolute Gasteiger partial charge is 0.378 e. The molecule has 1 aliphatic carbocycles. The second-order valence-electron chi connectivity index (χ2n) is 11.9. The van der Waals surface area contributed by atoms with Gasteiger partial charge in [0.2, 0.25) is 11.8 Å². The number of aliphatic hydroxyl groups is 1. The molecule has 6 N–H and O–H groups in total. The number of likely N-dealkylation sites (tertiary alicyclic amines) is 1. The molecule has 1 saturated carbocycles. The van der Waals surface area contributed by atoms with E-state index in [0.717, 1.165) is 0 Å². The van der Waals surface area contributed by atoms with Crippen molar-refractivity contribution in [3.05, 3.63) is 0 Å². The lowest BCUT2D eigenvalue weighted by atomic mass is 9.85. The Morgan fingerprint density at radius 2 is 1.83 bits per heavy atom. The average molecular weight is 538 g/mol. The van der Waals surface area contributed by atoms with Crippen molar-refractivity contribution in [2.24, 2.45) is 34.3 Å². The van der Waals surface area contributed by atoms with Crippen LogP contribution in [0.4, 0.5) is 13.2 Å². The fraction of sp³-hybridized carbons (Fsp3) is 0.870. The number of thiol groups is 1. The molecule has 3 rings (SSSR count). The molecule has 3 aliphatic rings. The van der Waals surface area contributed by atoms with E-state index in [4.69, 9.17) is 5.73 Å². The summed E-state index contributed by atoms with van der Waals surface area (Å²) >= 11 is 4.30. The molecular weight excluding hydrogens is 499 g/mol. The number of hydrogen-bond acceptors (Lipinski definition) is 7. The Labute approximate surface area is 214 Å². The number of alkyl halides is 3. The fourth-order valence-electron chi connectivity index (χ4n) is 5.71. The van der Waals surface area contributed by atoms with Crippen molar-refractivity contribution in [3.63, 3.8) is 0 Å². The van der Waals surface area contributed by atoms with Crippen LogP contribution in [-0.4, -0.2) is 76.7 Å². The van der Waals surface area contributed by atoms with Gasteiger partial charge < -0.3 is 26.4 Å². The molecule has 8 atom stereocenters. The Morgan fingerprint density at radius 1 is 1.22 bits per heavy atom. The molecule has 0 aromatic carbocycles. The highest BCUT2D eigenvalue weighted by molar-refractivity contribution is 7.80. The molecule has 3 amide bonds. The molecule has 0 spiro atoms. The number of nitrogens with zero attached hydrogens (tertiary/aromatic N) is 1. The highest BCUT2D eigenvalue weighted by Crippen LogP contribution is 2.65. The van der Waals surface area contributed by atoms with Crippen LogP contribution in [0.5, 0.6) is 0 Å². The van der Waals surface area contributed by atoms with Gasteiger partial charge >= 0.3 is 12.1 Å². The van der Waals surface area contributed by atoms with Gasteiger partial charge in [0.15, 0.2) is 0 Å². The second-order valence-corrected chi connectivity index (χ2v) is 12.5. The Hall–Kier alpha value is -1.57. The Balaban J connectivity index is 1.82. The molecule has 0 radical (unpaired) electrons. The molecule has 0 aromatic rings. The maximum absolute atomic E-state index is 13.6. The molecule has 2 aliphatic heterocycles. The summed E-state index contributed by atoms with van der Waals surface area (Å²) < 4.78 is 39.0. The van der Waals surface area contributed by atoms with Crippen LogP contribution in [0.1, 0.15) is 47.5 Å². The number of carbonyl (C=O) groups is 3. The first-order chi connectivity index (χ1) is 16.4. The molecule has 0 aromatic heterocycles. The zero-order valence-electron chi connectivity index (χ0n) is 21.2. The van der Waals surface area contributed by atoms with E-state index in [1.165, 1.54) is 4.90 Å². The van der Waals surface area contributed by atoms with Crippen LogP contribution in [0.15, 0.2) is 0 Å². The van der Waals surface area contributed by atoms with E-state index in [1.54, 1.807) is 20.8 Å². The van der Waals surface area contributed by atoms with Crippen molar-refractivity contribution >= 4 is 30.4 Å². The van der Waals surface area contributed by atoms with E-state index in [9.17, 15) is 32.7 Å². The quantitative estimate of drug-likeness (QED) is 0.208. The Morgan fingerprint density at radius 3 is 2.31 bits per heavy atom. The SMILES string of the molecule is CC(C)(C)[C@H](NC(=O)C(F)(F)F)C(=O)N1C[C@H]2[C@@H]([C@H]1C(=O)N[C@@H](C[C@@H]1CCN[C@@H]1O)C(N)S)C2(C)C. The highest BCUT2D eigenvalue weighted by Gasteiger charge is 2.70. The van der Waals surface area contributed by atoms with Gasteiger partial charge in [-0.1, -0.05) is 34.6 Å². The predicted octanol–water partition coefficient (Wildman–Crippen LogP) is 0.580. The van der Waals surface area contributed by atoms with Crippen molar-refractivity contribution in [1.82, 2.24) is 20.9 Å². The van der Waals surface area contributed by atoms with Crippen molar-refractivity contribution in [2.45, 2.75) is 83.4 Å². The normalized spacial score (nSPS) is 31.9. The van der Waals surface area contributed by atoms with Gasteiger partial charge in [-0.3, -0.25) is 19.7 Å². The standard InChI is InChI=1S/C23H38F3N5O4S/c1-21(2,3)15(30-20(35)23(24,25)26)19(34)31-9-11-13(22(11,4)5)14(31)18(33)29-12(16(27)36)8-10-6-7-28-17(10)32/h10-17,28,32,36H,6-9,27H2,1-5H3,(H,29,33)(H,30,35)/t10-,11-,12-,13-,14-,15+,16?,17+/m0/s1. The van der Waals surface area contributed by atoms with Crippen LogP contribution in [0.2, 0.25) is 0 Å². The summed E-state index contributed by atoms with van der Waals surface area (Å²) in [5.74, 6) is -3.72. The number of fused-ring (bicyclic) bond motifs is 1. The third-order valence-corrected chi connectivity index (χ3v) is 8.38. The van der Waals surface area contributed by atoms with Gasteiger partial charge in [-0.2, -0.15) is 25.8 Å². The maximum Gasteiger partial charge on any atom is 0.471 e. The summed E-state index contributed by atoms with van der Waals surface area (Å²) in [4.78, 5) is 40.2. The Kier molecular flexibility index (Phi) is 8.02. The number of piperidine rings is 1. The number of halogens is 3. The van der Waals surface area contributed by atoms with Gasteiger partial charge in [0.25, 0.3) is 0 Å². The van der Waals surface area contributed by atoms with Crippen molar-refractivity contribution in [3.8, 4) is 0 Å². The van der Waals surface area contributed by atoms with Crippen LogP contribution >= 0.6 is 12.6 Å². The molecular formula is C23H38F3N5O4S. The summed E-state index contributed by atoms with van der Waals surface area (Å²) in [5, 5.41) is 17.0. The number of aliphatic hydroxyl groups excluding tert-OH is 1. The van der Waals surface area contributed by atoms with Gasteiger partial charge in [0.1, 0.15) is 18.3 Å². The topological polar surface area (TPSA) is 137 Å². The Bertz CT molecular complexity index is 879. The first-order valence-electron chi connectivity index (χ1n) is 12.2. The first kappa shape index (κ1) is 29.0. The van der Waals surface area contributed by atoms with Crippen LogP contribution in [-0.2, 0) is 14.4 Å². The van der Waals surface area contributed by atoms with Gasteiger partial charge in [-0.05, 0) is 42.1 Å². The van der Waals surface area contributed by atoms with Gasteiger partial charge in [0.05, 0.1) is 11.4 Å². The number of rotatable bonds is 7. The second kappa shape index (κ2) is 9.95. The lowest BCUT2D eigenvalue weighted by molar-refractivity contribution is -0.176. The predicted molar refractivity (Wildman–Crippen MR) is 129 cm³/mol. The third-order valence-electron chi connectivity index (χ3n) is 8.02. The molecule has 13 heteroatoms. The number of amides is 3. The number of carbonyl (C=O) groups excluding carboxylic acids is 3. The van der Waals surface area contributed by atoms with E-state index in [2.05, 4.69) is 23.3 Å². The summed E-state index contributed by atoms with van der Waals surface area (Å²) in [6, 6.07) is -3.00. The van der Waals surface area contributed by atoms with Crippen molar-refractivity contribution in [1.29, 1.82) is 0 Å². The van der Waals surface area contributed by atoms with Crippen LogP contribution in [0.3, 0.4) is 0 Å². The number of nitrogens with two attached hydrogens (primary N) is 1. The number of nitrogens with one attached hydrogen (secondary N) is 3. The van der Waals surface area contributed by atoms with Crippen LogP contribution in [0.25, 0.3) is 0 Å². The summed E-state index contributed by atoms with van der Waals surface area (Å²) in [6.07, 6.45) is -4.80. The molecule has 1 unspecified atom stereocenters. The maximum atomic E-state index is 13.6. The summed E-state index contributed by atoms with van der Waals surface area (Å²) in [6.45, 7) is 9.47. The minimum atomic E-state index is -5.15. The van der Waals surface area contributed by atoms with Crippen molar-refractivity contribution in [2.75, 3.05) is 13.1 Å². The van der Waals surface area contributed by atoms with E-state index < -0.39 is 59.0 Å². The minimum Gasteiger partial charge on any atom is -0.378 e. The summed E-state index contributed by atoms with van der Waals surface area (Å²) in [7, 11) is 0. The van der Waals surface area contributed by atoms with Gasteiger partial charge in [-0.15, -0.1) is 0 Å². The van der Waals surface area contributed by atoms with Gasteiger partial charge in [-0.25, -0.2) is 0 Å². The zero-order chi connectivity index (χ0) is 27.4. The van der Waals surface area contributed by atoms with Gasteiger partial charge in [0, 0.05) is 12.5 Å². The van der Waals surface area contributed by atoms with Crippen LogP contribution < -0.4 is 21.7 Å². The minimum absolute atomic E-state index is 0.000107. The molecule has 0 bridgehead atoms. The fourth-order valence-corrected chi connectivity index (χ4v) is 5.90. The molecule has 206 valence electrons. The molecule has 3 fully saturated rings. The van der Waals surface area contributed by atoms with E-state index in [-0.39, 0.29) is 29.7 Å². The third kappa shape index (κ3) is 5.78. The monoisotopic (exact) mass is 537 g/mol.